The summed E-state index contributed by atoms with van der Waals surface area (Å²) >= 11 is 0. The molecule has 0 radical (unpaired) electrons. The van der Waals surface area contributed by atoms with E-state index in [4.69, 9.17) is 19.3 Å². The fourth-order valence-corrected chi connectivity index (χ4v) is 2.10. The van der Waals surface area contributed by atoms with Gasteiger partial charge >= 0.3 is 5.97 Å². The van der Waals surface area contributed by atoms with Crippen LogP contribution in [0.25, 0.3) is 10.8 Å². The lowest BCUT2D eigenvalue weighted by atomic mass is 10.1. The molecule has 0 amide bonds. The largest absolute Gasteiger partial charge is 0.480 e. The molecule has 21 heavy (non-hydrogen) atoms. The molecular weight excluding hydrogens is 276 g/mol. The van der Waals surface area contributed by atoms with Crippen molar-refractivity contribution in [1.29, 1.82) is 0 Å². The minimum absolute atomic E-state index is 0.227. The number of nitrogens with one attached hydrogen (secondary N) is 1. The summed E-state index contributed by atoms with van der Waals surface area (Å²) in [5.74, 6) is 1.14. The Hall–Kier alpha value is -2.54. The van der Waals surface area contributed by atoms with Gasteiger partial charge in [0, 0.05) is 18.1 Å². The van der Waals surface area contributed by atoms with Gasteiger partial charge in [-0.15, -0.1) is 0 Å². The molecule has 1 aliphatic rings. The highest BCUT2D eigenvalue weighted by Crippen LogP contribution is 2.37. The van der Waals surface area contributed by atoms with Gasteiger partial charge in [-0.1, -0.05) is 0 Å². The number of hydrogen-bond acceptors (Lipinski definition) is 6. The van der Waals surface area contributed by atoms with Crippen molar-refractivity contribution < 1.29 is 24.1 Å². The van der Waals surface area contributed by atoms with Crippen LogP contribution in [0.5, 0.6) is 11.5 Å². The fraction of sp³-hybridized carbons (Fsp3) is 0.286. The smallest absolute Gasteiger partial charge is 0.329 e. The molecule has 7 heteroatoms. The molecule has 0 saturated carbocycles. The Morgan fingerprint density at radius 3 is 3.00 bits per heavy atom. The predicted molar refractivity (Wildman–Crippen MR) is 74.8 cm³/mol. The first kappa shape index (κ1) is 13.4. The quantitative estimate of drug-likeness (QED) is 0.779. The van der Waals surface area contributed by atoms with E-state index in [1.54, 1.807) is 6.20 Å². The molecule has 3 rings (SSSR count). The number of benzene rings is 1. The van der Waals surface area contributed by atoms with Crippen LogP contribution in [-0.2, 0) is 9.53 Å². The topological polar surface area (TPSA) is 89.9 Å². The summed E-state index contributed by atoms with van der Waals surface area (Å²) in [6.45, 7) is 0.678. The lowest BCUT2D eigenvalue weighted by Crippen LogP contribution is -2.14. The van der Waals surface area contributed by atoms with E-state index in [9.17, 15) is 4.79 Å². The van der Waals surface area contributed by atoms with Crippen LogP contribution in [0, 0.1) is 0 Å². The molecule has 2 heterocycles. The number of pyridine rings is 1. The van der Waals surface area contributed by atoms with Gasteiger partial charge in [-0.05, 0) is 23.6 Å². The zero-order valence-electron chi connectivity index (χ0n) is 11.2. The SMILES string of the molecule is O=C(O)COCCNc1nccc2cc3c(cc12)OCO3. The van der Waals surface area contributed by atoms with Crippen molar-refractivity contribution in [3.63, 3.8) is 0 Å². The van der Waals surface area contributed by atoms with E-state index in [2.05, 4.69) is 10.3 Å². The van der Waals surface area contributed by atoms with Crippen molar-refractivity contribution in [2.75, 3.05) is 31.9 Å². The average molecular weight is 290 g/mol. The van der Waals surface area contributed by atoms with E-state index >= 15 is 0 Å². The molecule has 2 aromatic rings. The monoisotopic (exact) mass is 290 g/mol. The average Bonchev–Trinajstić information content (AvgIpc) is 2.91. The van der Waals surface area contributed by atoms with Crippen LogP contribution in [0.4, 0.5) is 5.82 Å². The summed E-state index contributed by atoms with van der Waals surface area (Å²) in [6.07, 6.45) is 1.70. The third-order valence-corrected chi connectivity index (χ3v) is 3.02. The van der Waals surface area contributed by atoms with Crippen LogP contribution in [0.1, 0.15) is 0 Å². The van der Waals surface area contributed by atoms with Crippen LogP contribution in [0.3, 0.4) is 0 Å². The van der Waals surface area contributed by atoms with Crippen molar-refractivity contribution in [2.24, 2.45) is 0 Å². The highest BCUT2D eigenvalue weighted by atomic mass is 16.7. The summed E-state index contributed by atoms with van der Waals surface area (Å²) < 4.78 is 15.7. The molecule has 1 aromatic carbocycles. The van der Waals surface area contributed by atoms with Crippen molar-refractivity contribution >= 4 is 22.6 Å². The van der Waals surface area contributed by atoms with Gasteiger partial charge in [0.1, 0.15) is 12.4 Å². The number of ether oxygens (including phenoxy) is 3. The number of carboxylic acids is 1. The van der Waals surface area contributed by atoms with Crippen molar-refractivity contribution in [1.82, 2.24) is 4.98 Å². The summed E-state index contributed by atoms with van der Waals surface area (Å²) in [5.41, 5.74) is 0. The lowest BCUT2D eigenvalue weighted by molar-refractivity contribution is -0.142. The van der Waals surface area contributed by atoms with Gasteiger partial charge in [-0.2, -0.15) is 0 Å². The van der Waals surface area contributed by atoms with Crippen LogP contribution < -0.4 is 14.8 Å². The number of rotatable bonds is 6. The number of carboxylic acid groups (broad SMARTS) is 1. The third-order valence-electron chi connectivity index (χ3n) is 3.02. The normalized spacial score (nSPS) is 12.6. The Morgan fingerprint density at radius 1 is 1.38 bits per heavy atom. The van der Waals surface area contributed by atoms with E-state index in [-0.39, 0.29) is 20.0 Å². The van der Waals surface area contributed by atoms with E-state index in [1.165, 1.54) is 0 Å². The van der Waals surface area contributed by atoms with Crippen molar-refractivity contribution in [3.8, 4) is 11.5 Å². The zero-order chi connectivity index (χ0) is 14.7. The van der Waals surface area contributed by atoms with E-state index < -0.39 is 5.97 Å². The molecule has 1 aliphatic heterocycles. The van der Waals surface area contributed by atoms with Gasteiger partial charge in [-0.25, -0.2) is 9.78 Å². The Labute approximate surface area is 120 Å². The highest BCUT2D eigenvalue weighted by molar-refractivity contribution is 5.94. The number of aromatic nitrogens is 1. The minimum atomic E-state index is -0.981. The second-order valence-electron chi connectivity index (χ2n) is 4.46. The summed E-state index contributed by atoms with van der Waals surface area (Å²) in [4.78, 5) is 14.6. The predicted octanol–water partition coefficient (Wildman–Crippen LogP) is 1.48. The maximum absolute atomic E-state index is 10.3. The molecule has 7 nitrogen and oxygen atoms in total. The van der Waals surface area contributed by atoms with E-state index in [1.807, 2.05) is 18.2 Å². The molecule has 1 aromatic heterocycles. The maximum atomic E-state index is 10.3. The van der Waals surface area contributed by atoms with Crippen LogP contribution >= 0.6 is 0 Å². The van der Waals surface area contributed by atoms with E-state index in [0.29, 0.717) is 18.1 Å². The summed E-state index contributed by atoms with van der Waals surface area (Å²) in [6, 6.07) is 5.68. The second kappa shape index (κ2) is 5.84. The number of carbonyl (C=O) groups is 1. The first-order chi connectivity index (χ1) is 10.2. The summed E-state index contributed by atoms with van der Waals surface area (Å²) in [5, 5.41) is 13.5. The van der Waals surface area contributed by atoms with Gasteiger partial charge in [0.2, 0.25) is 6.79 Å². The fourth-order valence-electron chi connectivity index (χ4n) is 2.10. The molecule has 0 spiro atoms. The standard InChI is InChI=1S/C14H14N2O5/c17-13(18)7-19-4-3-16-14-10-6-12-11(20-8-21-12)5-9(10)1-2-15-14/h1-2,5-6H,3-4,7-8H2,(H,15,16)(H,17,18). The Morgan fingerprint density at radius 2 is 2.19 bits per heavy atom. The number of anilines is 1. The van der Waals surface area contributed by atoms with Crippen molar-refractivity contribution in [3.05, 3.63) is 24.4 Å². The molecule has 0 unspecified atom stereocenters. The zero-order valence-corrected chi connectivity index (χ0v) is 11.2. The number of nitrogens with zero attached hydrogens (tertiary/aromatic N) is 1. The molecule has 0 bridgehead atoms. The Kier molecular flexibility index (Phi) is 3.74. The molecule has 2 N–H and O–H groups in total. The van der Waals surface area contributed by atoms with Crippen LogP contribution in [0.15, 0.2) is 24.4 Å². The Balaban J connectivity index is 1.72. The molecular formula is C14H14N2O5. The second-order valence-corrected chi connectivity index (χ2v) is 4.46. The lowest BCUT2D eigenvalue weighted by Gasteiger charge is -2.09. The number of fused-ring (bicyclic) bond motifs is 2. The summed E-state index contributed by atoms with van der Waals surface area (Å²) in [7, 11) is 0. The number of aliphatic carboxylic acids is 1. The first-order valence-electron chi connectivity index (χ1n) is 6.46. The highest BCUT2D eigenvalue weighted by Gasteiger charge is 2.15. The first-order valence-corrected chi connectivity index (χ1v) is 6.46. The van der Waals surface area contributed by atoms with Gasteiger partial charge in [0.15, 0.2) is 11.5 Å². The van der Waals surface area contributed by atoms with Crippen LogP contribution in [-0.4, -0.2) is 42.6 Å². The van der Waals surface area contributed by atoms with Gasteiger partial charge in [-0.3, -0.25) is 0 Å². The minimum Gasteiger partial charge on any atom is -0.480 e. The Bertz CT molecular complexity index is 674. The number of hydrogen-bond donors (Lipinski definition) is 2. The molecule has 0 atom stereocenters. The van der Waals surface area contributed by atoms with Gasteiger partial charge in [0.25, 0.3) is 0 Å². The maximum Gasteiger partial charge on any atom is 0.329 e. The van der Waals surface area contributed by atoms with Gasteiger partial charge in [0.05, 0.1) is 6.61 Å². The van der Waals surface area contributed by atoms with Gasteiger partial charge < -0.3 is 24.6 Å². The molecule has 0 fully saturated rings. The molecule has 0 saturated heterocycles. The van der Waals surface area contributed by atoms with Crippen LogP contribution in [0.2, 0.25) is 0 Å². The van der Waals surface area contributed by atoms with Crippen molar-refractivity contribution in [2.45, 2.75) is 0 Å². The molecule has 110 valence electrons. The molecule has 0 aliphatic carbocycles. The van der Waals surface area contributed by atoms with E-state index in [0.717, 1.165) is 16.5 Å². The third kappa shape index (κ3) is 2.97.